The third kappa shape index (κ3) is 1.32. The highest BCUT2D eigenvalue weighted by atomic mass is 32.1. The molecule has 9 heavy (non-hydrogen) atoms. The third-order valence-electron chi connectivity index (χ3n) is 0.860. The maximum atomic E-state index is 10.5. The van der Waals surface area contributed by atoms with Crippen molar-refractivity contribution in [1.29, 1.82) is 0 Å². The summed E-state index contributed by atoms with van der Waals surface area (Å²) >= 11 is 4.51. The molecule has 0 radical (unpaired) electrons. The average molecular weight is 144 g/mol. The van der Waals surface area contributed by atoms with Crippen LogP contribution in [0.3, 0.4) is 0 Å². The van der Waals surface area contributed by atoms with Gasteiger partial charge in [-0.1, -0.05) is 0 Å². The van der Waals surface area contributed by atoms with Crippen molar-refractivity contribution < 1.29 is 9.80 Å². The minimum Gasteiger partial charge on any atom is -0.623 e. The van der Waals surface area contributed by atoms with Crippen LogP contribution in [0.25, 0.3) is 0 Å². The lowest BCUT2D eigenvalue weighted by Crippen LogP contribution is -3.06. The molecule has 48 valence electrons. The molecule has 0 bridgehead atoms. The number of nitrogens with one attached hydrogen (secondary N) is 1. The Morgan fingerprint density at radius 1 is 1.67 bits per heavy atom. The van der Waals surface area contributed by atoms with Crippen molar-refractivity contribution in [3.05, 3.63) is 22.8 Å². The third-order valence-corrected chi connectivity index (χ3v) is 1.17. The Bertz CT molecular complexity index is 199. The van der Waals surface area contributed by atoms with Crippen molar-refractivity contribution in [3.8, 4) is 0 Å². The van der Waals surface area contributed by atoms with Gasteiger partial charge in [-0.2, -0.15) is 4.74 Å². The number of hydroxylamine groups is 3. The van der Waals surface area contributed by atoms with E-state index in [-0.39, 0.29) is 10.1 Å². The molecule has 0 amide bonds. The fourth-order valence-electron chi connectivity index (χ4n) is 0.446. The van der Waals surface area contributed by atoms with Crippen LogP contribution in [0, 0.1) is 10.4 Å². The Morgan fingerprint density at radius 2 is 2.33 bits per heavy atom. The monoisotopic (exact) mass is 144 g/mol. The molecule has 4 nitrogen and oxygen atoms in total. The van der Waals surface area contributed by atoms with E-state index in [0.717, 1.165) is 18.6 Å². The molecule has 5 heteroatoms. The minimum absolute atomic E-state index is 0.0625. The van der Waals surface area contributed by atoms with Gasteiger partial charge < -0.3 is 10.4 Å². The Balaban J connectivity index is 2.82. The predicted molar refractivity (Wildman–Crippen MR) is 35.8 cm³/mol. The van der Waals surface area contributed by atoms with Gasteiger partial charge in [0.15, 0.2) is 6.20 Å². The zero-order valence-electron chi connectivity index (χ0n) is 4.40. The zero-order chi connectivity index (χ0) is 6.85. The number of hydrogen-bond acceptors (Lipinski definition) is 3. The summed E-state index contributed by atoms with van der Waals surface area (Å²) in [7, 11) is 0. The van der Waals surface area contributed by atoms with Crippen molar-refractivity contribution in [1.82, 2.24) is 0 Å². The lowest BCUT2D eigenvalue weighted by molar-refractivity contribution is -0.686. The summed E-state index contributed by atoms with van der Waals surface area (Å²) in [6.07, 6.45) is 3.34. The lowest BCUT2D eigenvalue weighted by atomic mass is 10.6. The fourth-order valence-corrected chi connectivity index (χ4v) is 0.617. The van der Waals surface area contributed by atoms with E-state index >= 15 is 0 Å². The number of hydrogen-bond donors (Lipinski definition) is 1. The van der Waals surface area contributed by atoms with E-state index in [4.69, 9.17) is 0 Å². The van der Waals surface area contributed by atoms with E-state index < -0.39 is 0 Å². The fraction of sp³-hybridized carbons (Fsp3) is 0. The highest BCUT2D eigenvalue weighted by Gasteiger charge is 2.09. The van der Waals surface area contributed by atoms with Gasteiger partial charge in [0.1, 0.15) is 0 Å². The molecule has 1 unspecified atom stereocenters. The van der Waals surface area contributed by atoms with Crippen molar-refractivity contribution >= 4 is 23.4 Å². The van der Waals surface area contributed by atoms with Crippen molar-refractivity contribution in [2.24, 2.45) is 0 Å². The summed E-state index contributed by atoms with van der Waals surface area (Å²) in [6, 6.07) is 0. The van der Waals surface area contributed by atoms with Crippen LogP contribution in [0.15, 0.2) is 12.4 Å². The highest BCUT2D eigenvalue weighted by Crippen LogP contribution is 1.74. The Morgan fingerprint density at radius 3 is 2.78 bits per heavy atom. The molecule has 0 aromatic heterocycles. The van der Waals surface area contributed by atoms with Crippen molar-refractivity contribution in [2.75, 3.05) is 0 Å². The van der Waals surface area contributed by atoms with E-state index in [1.807, 2.05) is 0 Å². The molecule has 0 spiro atoms. The van der Waals surface area contributed by atoms with Gasteiger partial charge in [-0.05, 0) is 12.2 Å². The first-order valence-corrected chi connectivity index (χ1v) is 2.68. The zero-order valence-corrected chi connectivity index (χ0v) is 5.22. The summed E-state index contributed by atoms with van der Waals surface area (Å²) in [5.74, 6) is 0. The maximum absolute atomic E-state index is 10.5. The standard InChI is InChI=1S/C4H4N2O2S/c7-5-1-2-6(8)4(9)3-5/h1-3,6H. The van der Waals surface area contributed by atoms with Gasteiger partial charge in [-0.25, -0.2) is 0 Å². The largest absolute Gasteiger partial charge is 0.623 e. The van der Waals surface area contributed by atoms with Crippen LogP contribution >= 0.6 is 12.2 Å². The van der Waals surface area contributed by atoms with E-state index in [2.05, 4.69) is 12.2 Å². The molecule has 0 saturated heterocycles. The molecule has 0 saturated carbocycles. The van der Waals surface area contributed by atoms with Crippen LogP contribution < -0.4 is 5.06 Å². The van der Waals surface area contributed by atoms with Crippen molar-refractivity contribution in [2.45, 2.75) is 0 Å². The summed E-state index contributed by atoms with van der Waals surface area (Å²) < 4.78 is 0.504. The van der Waals surface area contributed by atoms with E-state index in [0.29, 0.717) is 4.74 Å². The first-order valence-electron chi connectivity index (χ1n) is 2.27. The molecule has 1 atom stereocenters. The summed E-state index contributed by atoms with van der Waals surface area (Å²) in [5, 5.41) is 20.6. The quantitative estimate of drug-likeness (QED) is 0.263. The van der Waals surface area contributed by atoms with Crippen LogP contribution in [-0.4, -0.2) is 15.9 Å². The first kappa shape index (κ1) is 6.34. The number of rotatable bonds is 0. The molecule has 0 aromatic rings. The van der Waals surface area contributed by atoms with Gasteiger partial charge >= 0.3 is 0 Å². The van der Waals surface area contributed by atoms with Crippen LogP contribution in [0.2, 0.25) is 0 Å². The van der Waals surface area contributed by atoms with Crippen molar-refractivity contribution in [3.63, 3.8) is 0 Å². The second kappa shape index (κ2) is 2.22. The molecule has 0 aromatic carbocycles. The second-order valence-electron chi connectivity index (χ2n) is 1.53. The summed E-state index contributed by atoms with van der Waals surface area (Å²) in [5.41, 5.74) is 0. The molecular formula is C4H4N2O2S. The highest BCUT2D eigenvalue weighted by molar-refractivity contribution is 7.81. The van der Waals surface area contributed by atoms with Crippen LogP contribution in [0.1, 0.15) is 0 Å². The summed E-state index contributed by atoms with van der Waals surface area (Å²) in [6.45, 7) is 0. The van der Waals surface area contributed by atoms with Gasteiger partial charge in [-0.15, -0.1) is 0 Å². The predicted octanol–water partition coefficient (Wildman–Crippen LogP) is -1.24. The number of nitrogens with zero attached hydrogens (tertiary/aromatic N) is 1. The van der Waals surface area contributed by atoms with Crippen LogP contribution in [0.4, 0.5) is 0 Å². The lowest BCUT2D eigenvalue weighted by Gasteiger charge is -2.15. The minimum atomic E-state index is -0.280. The van der Waals surface area contributed by atoms with Gasteiger partial charge in [0.25, 0.3) is 11.2 Å². The molecule has 0 aliphatic carbocycles. The Kier molecular flexibility index (Phi) is 1.56. The molecule has 1 rings (SSSR count). The molecule has 1 aliphatic rings. The smallest absolute Gasteiger partial charge is 0.267 e. The normalized spacial score (nSPS) is 26.1. The van der Waals surface area contributed by atoms with E-state index in [1.165, 1.54) is 0 Å². The van der Waals surface area contributed by atoms with Gasteiger partial charge in [-0.3, -0.25) is 5.06 Å². The van der Waals surface area contributed by atoms with Gasteiger partial charge in [0.2, 0.25) is 6.20 Å². The van der Waals surface area contributed by atoms with Gasteiger partial charge in [0.05, 0.1) is 0 Å². The topological polar surface area (TPSA) is 53.6 Å². The number of thiocarbonyl (C=S) groups is 1. The summed E-state index contributed by atoms with van der Waals surface area (Å²) in [4.78, 5) is 0.0625. The SMILES string of the molecule is [O-][N+]1=CC(=S)[NH+]([O-])C=C1. The van der Waals surface area contributed by atoms with Gasteiger partial charge in [0, 0.05) is 0 Å². The molecular weight excluding hydrogens is 140 g/mol. The number of quaternary nitrogens is 1. The Hall–Kier alpha value is -0.780. The average Bonchev–Trinajstić information content (AvgIpc) is 1.80. The molecule has 0 fully saturated rings. The maximum Gasteiger partial charge on any atom is 0.267 e. The van der Waals surface area contributed by atoms with Crippen LogP contribution in [0.5, 0.6) is 0 Å². The second-order valence-corrected chi connectivity index (χ2v) is 1.97. The molecule has 1 heterocycles. The molecule has 1 aliphatic heterocycles. The van der Waals surface area contributed by atoms with Crippen LogP contribution in [-0.2, 0) is 0 Å². The van der Waals surface area contributed by atoms with E-state index in [9.17, 15) is 10.4 Å². The Labute approximate surface area is 56.9 Å². The molecule has 1 N–H and O–H groups in total. The van der Waals surface area contributed by atoms with E-state index in [1.54, 1.807) is 0 Å². The first-order chi connectivity index (χ1) is 4.20.